The van der Waals surface area contributed by atoms with E-state index >= 15 is 0 Å². The summed E-state index contributed by atoms with van der Waals surface area (Å²) >= 11 is 17.1. The number of benzene rings is 1. The van der Waals surface area contributed by atoms with E-state index in [0.29, 0.717) is 17.8 Å². The second-order valence-corrected chi connectivity index (χ2v) is 16.8. The van der Waals surface area contributed by atoms with E-state index in [2.05, 4.69) is 94.2 Å². The molecule has 0 fully saturated rings. The molecule has 0 unspecified atom stereocenters. The van der Waals surface area contributed by atoms with Crippen LogP contribution in [0.2, 0.25) is 0 Å². The van der Waals surface area contributed by atoms with Crippen molar-refractivity contribution < 1.29 is 0 Å². The number of hydrogen-bond donors (Lipinski definition) is 6. The first kappa shape index (κ1) is 47.3. The van der Waals surface area contributed by atoms with Crippen molar-refractivity contribution in [3.05, 3.63) is 33.4 Å². The van der Waals surface area contributed by atoms with Gasteiger partial charge in [-0.05, 0) is 165 Å². The van der Waals surface area contributed by atoms with Gasteiger partial charge in [0.15, 0.2) is 15.3 Å². The van der Waals surface area contributed by atoms with E-state index in [4.69, 9.17) is 36.7 Å². The van der Waals surface area contributed by atoms with Gasteiger partial charge in [-0.1, -0.05) is 81.6 Å². The van der Waals surface area contributed by atoms with E-state index in [1.165, 1.54) is 19.3 Å². The molecule has 9 heteroatoms. The van der Waals surface area contributed by atoms with Crippen LogP contribution in [0.15, 0.2) is 0 Å². The highest BCUT2D eigenvalue weighted by Crippen LogP contribution is 2.34. The highest BCUT2D eigenvalue weighted by molar-refractivity contribution is 7.80. The van der Waals surface area contributed by atoms with Crippen molar-refractivity contribution in [2.45, 2.75) is 159 Å². The lowest BCUT2D eigenvalue weighted by molar-refractivity contribution is 0.564. The van der Waals surface area contributed by atoms with Crippen LogP contribution in [0, 0.1) is 17.8 Å². The maximum atomic E-state index is 5.71. The van der Waals surface area contributed by atoms with Crippen molar-refractivity contribution in [1.29, 1.82) is 0 Å². The zero-order valence-corrected chi connectivity index (χ0v) is 36.8. The molecule has 0 amide bonds. The Balaban J connectivity index is 3.80. The minimum atomic E-state index is 0.635. The van der Waals surface area contributed by atoms with Gasteiger partial charge in [-0.3, -0.25) is 0 Å². The molecule has 0 aromatic heterocycles. The first-order chi connectivity index (χ1) is 24.4. The molecular weight excluding hydrogens is 685 g/mol. The smallest absolute Gasteiger partial charge is 0.166 e. The average molecular weight is 763 g/mol. The normalized spacial score (nSPS) is 11.3. The van der Waals surface area contributed by atoms with Crippen LogP contribution in [0.1, 0.15) is 153 Å². The second-order valence-electron chi connectivity index (χ2n) is 15.5. The standard InChI is InChI=1S/C42H78N6S3/c1-10-13-25-43-40(49)46-28-22-37-34(19-16-31(4)5)38(23-29-47-41(50)44-26-14-11-2)36(21-18-33(8)9)39(35(37)20-17-32(6)7)24-30-48-42(51)45-27-15-12-3/h31-33H,10-30H2,1-9H3,(H2,43,46,49)(H2,44,47,50)(H2,45,48,51). The lowest BCUT2D eigenvalue weighted by atomic mass is 9.77. The van der Waals surface area contributed by atoms with Gasteiger partial charge in [-0.2, -0.15) is 0 Å². The molecule has 0 aliphatic carbocycles. The van der Waals surface area contributed by atoms with Gasteiger partial charge in [-0.25, -0.2) is 0 Å². The lowest BCUT2D eigenvalue weighted by Crippen LogP contribution is -2.38. The summed E-state index contributed by atoms with van der Waals surface area (Å²) in [5.41, 5.74) is 9.45. The summed E-state index contributed by atoms with van der Waals surface area (Å²) in [6, 6.07) is 0. The van der Waals surface area contributed by atoms with Crippen LogP contribution in [0.5, 0.6) is 0 Å². The van der Waals surface area contributed by atoms with Gasteiger partial charge in [0.1, 0.15) is 0 Å². The molecule has 6 N–H and O–H groups in total. The van der Waals surface area contributed by atoms with Crippen molar-refractivity contribution >= 4 is 52.0 Å². The van der Waals surface area contributed by atoms with Crippen LogP contribution in [0.3, 0.4) is 0 Å². The molecule has 294 valence electrons. The third-order valence-electron chi connectivity index (χ3n) is 9.53. The first-order valence-electron chi connectivity index (χ1n) is 20.7. The Hall–Kier alpha value is -1.71. The van der Waals surface area contributed by atoms with Crippen LogP contribution >= 0.6 is 36.7 Å². The van der Waals surface area contributed by atoms with Gasteiger partial charge >= 0.3 is 0 Å². The predicted octanol–water partition coefficient (Wildman–Crippen LogP) is 8.87. The van der Waals surface area contributed by atoms with Crippen LogP contribution < -0.4 is 31.9 Å². The Kier molecular flexibility index (Phi) is 26.7. The number of nitrogens with one attached hydrogen (secondary N) is 6. The van der Waals surface area contributed by atoms with Gasteiger partial charge in [0.05, 0.1) is 0 Å². The van der Waals surface area contributed by atoms with Gasteiger partial charge < -0.3 is 31.9 Å². The Morgan fingerprint density at radius 3 is 0.804 bits per heavy atom. The minimum Gasteiger partial charge on any atom is -0.363 e. The molecule has 0 atom stereocenters. The molecule has 51 heavy (non-hydrogen) atoms. The molecule has 0 bridgehead atoms. The molecule has 0 saturated carbocycles. The van der Waals surface area contributed by atoms with Gasteiger partial charge in [-0.15, -0.1) is 0 Å². The van der Waals surface area contributed by atoms with Crippen molar-refractivity contribution in [2.24, 2.45) is 17.8 Å². The monoisotopic (exact) mass is 763 g/mol. The van der Waals surface area contributed by atoms with Crippen LogP contribution in [0.4, 0.5) is 0 Å². The highest BCUT2D eigenvalue weighted by Gasteiger charge is 2.24. The van der Waals surface area contributed by atoms with Crippen LogP contribution in [-0.2, 0) is 38.5 Å². The van der Waals surface area contributed by atoms with Crippen molar-refractivity contribution in [3.8, 4) is 0 Å². The van der Waals surface area contributed by atoms with E-state index in [1.54, 1.807) is 33.4 Å². The third kappa shape index (κ3) is 20.9. The van der Waals surface area contributed by atoms with Crippen molar-refractivity contribution in [3.63, 3.8) is 0 Å². The van der Waals surface area contributed by atoms with Gasteiger partial charge in [0, 0.05) is 39.3 Å². The van der Waals surface area contributed by atoms with E-state index in [-0.39, 0.29) is 0 Å². The topological polar surface area (TPSA) is 72.2 Å². The van der Waals surface area contributed by atoms with Gasteiger partial charge in [0.2, 0.25) is 0 Å². The van der Waals surface area contributed by atoms with E-state index in [0.717, 1.165) is 132 Å². The number of hydrogen-bond acceptors (Lipinski definition) is 3. The minimum absolute atomic E-state index is 0.635. The van der Waals surface area contributed by atoms with E-state index in [1.807, 2.05) is 0 Å². The number of rotatable bonds is 27. The van der Waals surface area contributed by atoms with Crippen LogP contribution in [-0.4, -0.2) is 54.6 Å². The maximum absolute atomic E-state index is 5.71. The molecular formula is C42H78N6S3. The molecule has 0 aliphatic rings. The molecule has 1 rings (SSSR count). The average Bonchev–Trinajstić information content (AvgIpc) is 3.07. The molecule has 1 aromatic rings. The molecule has 1 aromatic carbocycles. The lowest BCUT2D eigenvalue weighted by Gasteiger charge is -2.29. The summed E-state index contributed by atoms with van der Waals surface area (Å²) in [5, 5.41) is 23.3. The molecule has 0 radical (unpaired) electrons. The zero-order chi connectivity index (χ0) is 38.0. The predicted molar refractivity (Wildman–Crippen MR) is 238 cm³/mol. The zero-order valence-electron chi connectivity index (χ0n) is 34.3. The molecule has 0 heterocycles. The highest BCUT2D eigenvalue weighted by atomic mass is 32.1. The number of thiocarbonyl (C=S) groups is 3. The van der Waals surface area contributed by atoms with E-state index in [9.17, 15) is 0 Å². The number of unbranched alkanes of at least 4 members (excludes halogenated alkanes) is 3. The maximum Gasteiger partial charge on any atom is 0.166 e. The summed E-state index contributed by atoms with van der Waals surface area (Å²) in [6.45, 7) is 26.1. The molecule has 0 saturated heterocycles. The Bertz CT molecular complexity index is 975. The fourth-order valence-corrected chi connectivity index (χ4v) is 7.04. The SMILES string of the molecule is CCCCNC(=S)NCCc1c(CCC(C)C)c(CCNC(=S)NCCCC)c(CCC(C)C)c(CCNC(=S)NCCCC)c1CCC(C)C. The quantitative estimate of drug-likeness (QED) is 0.0390. The Morgan fingerprint density at radius 2 is 0.588 bits per heavy atom. The Labute approximate surface area is 331 Å². The summed E-state index contributed by atoms with van der Waals surface area (Å²) in [4.78, 5) is 0. The first-order valence-corrected chi connectivity index (χ1v) is 21.9. The molecule has 6 nitrogen and oxygen atoms in total. The Morgan fingerprint density at radius 1 is 0.373 bits per heavy atom. The van der Waals surface area contributed by atoms with Crippen molar-refractivity contribution in [1.82, 2.24) is 31.9 Å². The molecule has 0 spiro atoms. The summed E-state index contributed by atoms with van der Waals surface area (Å²) in [7, 11) is 0. The largest absolute Gasteiger partial charge is 0.363 e. The van der Waals surface area contributed by atoms with Crippen molar-refractivity contribution in [2.75, 3.05) is 39.3 Å². The van der Waals surface area contributed by atoms with Gasteiger partial charge in [0.25, 0.3) is 0 Å². The van der Waals surface area contributed by atoms with E-state index < -0.39 is 0 Å². The summed E-state index contributed by atoms with van der Waals surface area (Å²) < 4.78 is 0. The fourth-order valence-electron chi connectivity index (χ4n) is 6.43. The second kappa shape index (κ2) is 28.7. The van der Waals surface area contributed by atoms with Crippen LogP contribution in [0.25, 0.3) is 0 Å². The third-order valence-corrected chi connectivity index (χ3v) is 10.4. The summed E-state index contributed by atoms with van der Waals surface area (Å²) in [5.74, 6) is 1.91. The fraction of sp³-hybridized carbons (Fsp3) is 0.786. The molecule has 0 aliphatic heterocycles. The summed E-state index contributed by atoms with van der Waals surface area (Å²) in [6.07, 6.45) is 16.6.